The molecule has 9 heteroatoms. The van der Waals surface area contributed by atoms with E-state index in [1.165, 1.54) is 68.2 Å². The molecule has 6 rings (SSSR count). The van der Waals surface area contributed by atoms with Crippen LogP contribution in [0.15, 0.2) is 15.0 Å². The lowest BCUT2D eigenvalue weighted by Gasteiger charge is -2.34. The van der Waals surface area contributed by atoms with Crippen molar-refractivity contribution in [3.8, 4) is 0 Å². The van der Waals surface area contributed by atoms with E-state index in [0.717, 1.165) is 45.2 Å². The lowest BCUT2D eigenvalue weighted by molar-refractivity contribution is 0.213. The van der Waals surface area contributed by atoms with E-state index in [0.29, 0.717) is 17.8 Å². The first kappa shape index (κ1) is 30.8. The molecule has 3 saturated heterocycles. The van der Waals surface area contributed by atoms with Gasteiger partial charge >= 0.3 is 0 Å². The third kappa shape index (κ3) is 8.20. The van der Waals surface area contributed by atoms with Gasteiger partial charge in [-0.1, -0.05) is 41.5 Å². The summed E-state index contributed by atoms with van der Waals surface area (Å²) in [5.74, 6) is 4.94. The van der Waals surface area contributed by atoms with Gasteiger partial charge in [-0.15, -0.1) is 11.8 Å². The molecule has 0 aromatic heterocycles. The summed E-state index contributed by atoms with van der Waals surface area (Å²) in [5.41, 5.74) is 0.609. The Kier molecular flexibility index (Phi) is 10.8. The fraction of sp³-hybridized carbons (Fsp3) is 0.900. The predicted molar refractivity (Wildman–Crippen MR) is 168 cm³/mol. The zero-order chi connectivity index (χ0) is 27.9. The van der Waals surface area contributed by atoms with Crippen molar-refractivity contribution in [3.05, 3.63) is 0 Å². The van der Waals surface area contributed by atoms with Gasteiger partial charge in [-0.05, 0) is 58.2 Å². The number of nitrogens with one attached hydrogen (secondary N) is 4. The van der Waals surface area contributed by atoms with Gasteiger partial charge in [-0.25, -0.2) is 4.99 Å². The molecule has 0 aliphatic carbocycles. The van der Waals surface area contributed by atoms with E-state index in [9.17, 15) is 0 Å². The number of hydrogen-bond acceptors (Lipinski definition) is 9. The molecular formula is C30H55N7OS. The summed E-state index contributed by atoms with van der Waals surface area (Å²) in [7, 11) is 0. The molecule has 0 saturated carbocycles. The van der Waals surface area contributed by atoms with E-state index in [-0.39, 0.29) is 16.6 Å². The topological polar surface area (TPSA) is 94.4 Å². The van der Waals surface area contributed by atoms with E-state index < -0.39 is 0 Å². The van der Waals surface area contributed by atoms with Crippen LogP contribution < -0.4 is 21.3 Å². The maximum Gasteiger partial charge on any atom is 0.186 e. The Hall–Kier alpha value is -1.16. The van der Waals surface area contributed by atoms with Gasteiger partial charge in [-0.2, -0.15) is 0 Å². The first-order valence-corrected chi connectivity index (χ1v) is 16.5. The highest BCUT2D eigenvalue weighted by Gasteiger charge is 2.39. The van der Waals surface area contributed by atoms with Crippen molar-refractivity contribution < 1.29 is 4.74 Å². The highest BCUT2D eigenvalue weighted by atomic mass is 32.2. The molecule has 3 spiro atoms. The standard InChI is InChI=1S/C10H19N3.C10H18N2O.C10H18N2S/c1-8(2)9-12-7-10(13-9)4-3-5-11-6-10;2*1-8(2)9-12-10(7-13-9)4-3-5-11-6-10/h8,11H,3-7H2,1-2H3,(H,12,13);2*8,11H,3-7H2,1-2H3. The third-order valence-electron chi connectivity index (χ3n) is 8.52. The molecule has 0 aromatic rings. The van der Waals surface area contributed by atoms with E-state index in [1.54, 1.807) is 0 Å². The molecule has 39 heavy (non-hydrogen) atoms. The molecule has 8 nitrogen and oxygen atoms in total. The van der Waals surface area contributed by atoms with Gasteiger partial charge in [0.25, 0.3) is 0 Å². The van der Waals surface area contributed by atoms with E-state index in [1.807, 2.05) is 11.8 Å². The minimum Gasteiger partial charge on any atom is -0.478 e. The maximum atomic E-state index is 5.62. The predicted octanol–water partition coefficient (Wildman–Crippen LogP) is 3.87. The molecule has 4 N–H and O–H groups in total. The molecule has 0 radical (unpaired) electrons. The number of nitrogens with zero attached hydrogens (tertiary/aromatic N) is 3. The molecule has 3 unspecified atom stereocenters. The molecule has 0 aromatic carbocycles. The fourth-order valence-electron chi connectivity index (χ4n) is 6.07. The molecule has 222 valence electrons. The summed E-state index contributed by atoms with van der Waals surface area (Å²) >= 11 is 1.97. The number of aliphatic imine (C=N–C) groups is 3. The van der Waals surface area contributed by atoms with Gasteiger partial charge in [0.1, 0.15) is 12.1 Å². The Morgan fingerprint density at radius 3 is 1.85 bits per heavy atom. The third-order valence-corrected chi connectivity index (χ3v) is 10.1. The van der Waals surface area contributed by atoms with Crippen LogP contribution in [0, 0.1) is 17.8 Å². The molecule has 6 aliphatic heterocycles. The van der Waals surface area contributed by atoms with Crippen molar-refractivity contribution in [2.75, 3.05) is 58.2 Å². The SMILES string of the molecule is CC(C)C1=NC2(CCCNC2)CO1.CC(C)C1=NC2(CCCNC2)CS1.CC(C)C1=NCC2(CCCNC2)N1. The molecule has 3 fully saturated rings. The van der Waals surface area contributed by atoms with Crippen LogP contribution in [0.5, 0.6) is 0 Å². The Bertz CT molecular complexity index is 832. The number of hydrogen-bond donors (Lipinski definition) is 4. The van der Waals surface area contributed by atoms with Crippen LogP contribution in [0.25, 0.3) is 0 Å². The number of piperidine rings is 3. The van der Waals surface area contributed by atoms with Gasteiger partial charge < -0.3 is 26.0 Å². The largest absolute Gasteiger partial charge is 0.478 e. The van der Waals surface area contributed by atoms with Crippen LogP contribution in [0.4, 0.5) is 0 Å². The average Bonchev–Trinajstić information content (AvgIpc) is 3.65. The Labute approximate surface area is 241 Å². The highest BCUT2D eigenvalue weighted by Crippen LogP contribution is 2.35. The Morgan fingerprint density at radius 1 is 0.744 bits per heavy atom. The molecule has 6 aliphatic rings. The lowest BCUT2D eigenvalue weighted by Crippen LogP contribution is -2.56. The molecule has 0 amide bonds. The normalized spacial score (nSPS) is 33.8. The second-order valence-corrected chi connectivity index (χ2v) is 14.3. The van der Waals surface area contributed by atoms with E-state index in [4.69, 9.17) is 14.7 Å². The summed E-state index contributed by atoms with van der Waals surface area (Å²) in [5, 5.41) is 15.2. The second kappa shape index (κ2) is 13.7. The summed E-state index contributed by atoms with van der Waals surface area (Å²) in [6, 6.07) is 0. The zero-order valence-corrected chi connectivity index (χ0v) is 26.3. The van der Waals surface area contributed by atoms with Crippen molar-refractivity contribution >= 4 is 28.5 Å². The van der Waals surface area contributed by atoms with Gasteiger partial charge in [0.15, 0.2) is 5.90 Å². The first-order valence-electron chi connectivity index (χ1n) is 15.6. The smallest absolute Gasteiger partial charge is 0.186 e. The van der Waals surface area contributed by atoms with Crippen LogP contribution >= 0.6 is 11.8 Å². The Morgan fingerprint density at radius 2 is 1.38 bits per heavy atom. The van der Waals surface area contributed by atoms with Crippen LogP contribution in [-0.2, 0) is 4.74 Å². The lowest BCUT2D eigenvalue weighted by atomic mass is 9.91. The summed E-state index contributed by atoms with van der Waals surface area (Å²) in [6.45, 7) is 21.5. The van der Waals surface area contributed by atoms with Crippen LogP contribution in [-0.4, -0.2) is 91.6 Å². The van der Waals surface area contributed by atoms with Crippen molar-refractivity contribution in [1.82, 2.24) is 21.3 Å². The van der Waals surface area contributed by atoms with E-state index >= 15 is 0 Å². The monoisotopic (exact) mass is 561 g/mol. The number of amidine groups is 1. The van der Waals surface area contributed by atoms with Crippen LogP contribution in [0.1, 0.15) is 80.1 Å². The fourth-order valence-corrected chi connectivity index (χ4v) is 7.39. The summed E-state index contributed by atoms with van der Waals surface area (Å²) in [6.07, 6.45) is 7.50. The average molecular weight is 562 g/mol. The molecule has 3 atom stereocenters. The van der Waals surface area contributed by atoms with Gasteiger partial charge in [-0.3, -0.25) is 9.98 Å². The zero-order valence-electron chi connectivity index (χ0n) is 25.5. The molecule has 6 heterocycles. The second-order valence-electron chi connectivity index (χ2n) is 13.3. The Balaban J connectivity index is 0.000000136. The van der Waals surface area contributed by atoms with Crippen LogP contribution in [0.3, 0.4) is 0 Å². The van der Waals surface area contributed by atoms with Gasteiger partial charge in [0, 0.05) is 43.1 Å². The van der Waals surface area contributed by atoms with Crippen molar-refractivity contribution in [2.24, 2.45) is 32.7 Å². The number of rotatable bonds is 3. The van der Waals surface area contributed by atoms with Crippen molar-refractivity contribution in [3.63, 3.8) is 0 Å². The van der Waals surface area contributed by atoms with Crippen molar-refractivity contribution in [1.29, 1.82) is 0 Å². The highest BCUT2D eigenvalue weighted by molar-refractivity contribution is 8.14. The minimum atomic E-state index is 0.0812. The van der Waals surface area contributed by atoms with E-state index in [2.05, 4.69) is 67.8 Å². The quantitative estimate of drug-likeness (QED) is 0.418. The van der Waals surface area contributed by atoms with Gasteiger partial charge in [0.2, 0.25) is 0 Å². The van der Waals surface area contributed by atoms with Crippen molar-refractivity contribution in [2.45, 2.75) is 96.7 Å². The number of thioether (sulfide) groups is 1. The summed E-state index contributed by atoms with van der Waals surface area (Å²) < 4.78 is 5.62. The summed E-state index contributed by atoms with van der Waals surface area (Å²) in [4.78, 5) is 14.2. The molecule has 0 bridgehead atoms. The molecular weight excluding hydrogens is 506 g/mol. The maximum absolute atomic E-state index is 5.62. The van der Waals surface area contributed by atoms with Crippen LogP contribution in [0.2, 0.25) is 0 Å². The minimum absolute atomic E-state index is 0.0812. The van der Waals surface area contributed by atoms with Gasteiger partial charge in [0.05, 0.1) is 28.5 Å². The first-order chi connectivity index (χ1) is 18.7. The number of ether oxygens (including phenoxy) is 1.